The van der Waals surface area contributed by atoms with Gasteiger partial charge in [-0.3, -0.25) is 0 Å². The van der Waals surface area contributed by atoms with Gasteiger partial charge < -0.3 is 53.1 Å². The summed E-state index contributed by atoms with van der Waals surface area (Å²) in [7, 11) is 0.860. The topological polar surface area (TPSA) is 111 Å². The lowest BCUT2D eigenvalue weighted by atomic mass is 10.1. The van der Waals surface area contributed by atoms with E-state index in [0.29, 0.717) is 39.6 Å². The van der Waals surface area contributed by atoms with Crippen molar-refractivity contribution in [3.8, 4) is 0 Å². The Kier molecular flexibility index (Phi) is 50.6. The van der Waals surface area contributed by atoms with Gasteiger partial charge in [-0.25, -0.2) is 0 Å². The Hall–Kier alpha value is 0.388. The van der Waals surface area contributed by atoms with Gasteiger partial charge in [0.25, 0.3) is 0 Å². The van der Waals surface area contributed by atoms with E-state index in [-0.39, 0.29) is 0 Å². The van der Waals surface area contributed by atoms with Crippen molar-refractivity contribution in [1.29, 1.82) is 0 Å². The Morgan fingerprint density at radius 1 is 0.250 bits per heavy atom. The van der Waals surface area contributed by atoms with Crippen molar-refractivity contribution in [1.82, 2.24) is 0 Å². The first-order valence-corrected chi connectivity index (χ1v) is 29.8. The van der Waals surface area contributed by atoms with E-state index in [4.69, 9.17) is 53.1 Å². The standard InChI is InChI=1S/C12H28O3Si.C11H26O3Si.C9H22O3Si.C8H20O3Si/c1-5-9-10-11-12-16(13-6-2,14-7-3)15-8-4;1-5-6-7-8-9-10-11-15(12-2,13-3)14-4;1-5-6-7-8-9-13(10-2,11-3)12-4;1-5-9-12(8-4,10-6-2)11-7-3/h5-12H2,1-4H3;5-11H2,1-4H3;5-9H2,1-4H3;5-8H2,1-4H3. The minimum absolute atomic E-state index is 0.667. The zero-order valence-corrected chi connectivity index (χ0v) is 43.9. The van der Waals surface area contributed by atoms with Crippen LogP contribution in [0.3, 0.4) is 0 Å². The van der Waals surface area contributed by atoms with Crippen molar-refractivity contribution in [3.63, 3.8) is 0 Å². The number of rotatable bonds is 36. The van der Waals surface area contributed by atoms with E-state index in [2.05, 4.69) is 20.8 Å². The van der Waals surface area contributed by atoms with E-state index >= 15 is 0 Å². The normalized spacial score (nSPS) is 12.0. The molecule has 0 fully saturated rings. The lowest BCUT2D eigenvalue weighted by molar-refractivity contribution is 0.0703. The van der Waals surface area contributed by atoms with Crippen LogP contribution in [0, 0.1) is 0 Å². The number of hydrogen-bond donors (Lipinski definition) is 0. The fourth-order valence-electron chi connectivity index (χ4n) is 5.86. The fourth-order valence-corrected chi connectivity index (χ4v) is 14.3. The predicted molar refractivity (Wildman–Crippen MR) is 241 cm³/mol. The SMILES string of the molecule is CCCCCCCC[Si](OC)(OC)OC.CCCCCC[Si](OC)(OC)OC.CCCCCC[Si](OCC)(OCC)OCC.CCO[Si](CC)(OCC)OCC. The molecule has 0 spiro atoms. The molecule has 0 saturated heterocycles. The Labute approximate surface area is 352 Å². The molecule has 0 saturated carbocycles. The quantitative estimate of drug-likeness (QED) is 0.0441. The maximum Gasteiger partial charge on any atom is 0.500 e. The summed E-state index contributed by atoms with van der Waals surface area (Å²) >= 11 is 0. The zero-order valence-electron chi connectivity index (χ0n) is 39.9. The van der Waals surface area contributed by atoms with Crippen LogP contribution in [0.15, 0.2) is 0 Å². The molecular weight excluding hydrogens is 785 g/mol. The molecule has 0 amide bonds. The van der Waals surface area contributed by atoms with E-state index in [0.717, 1.165) is 43.4 Å². The molecule has 0 aromatic carbocycles. The van der Waals surface area contributed by atoms with E-state index in [1.54, 1.807) is 42.7 Å². The van der Waals surface area contributed by atoms with Crippen LogP contribution >= 0.6 is 0 Å². The van der Waals surface area contributed by atoms with Crippen LogP contribution < -0.4 is 0 Å². The van der Waals surface area contributed by atoms with E-state index in [1.807, 2.05) is 48.5 Å². The van der Waals surface area contributed by atoms with Gasteiger partial charge in [0.2, 0.25) is 0 Å². The Morgan fingerprint density at radius 3 is 0.696 bits per heavy atom. The predicted octanol–water partition coefficient (Wildman–Crippen LogP) is 11.3. The Morgan fingerprint density at radius 2 is 0.464 bits per heavy atom. The summed E-state index contributed by atoms with van der Waals surface area (Å²) in [5.74, 6) is 0. The second kappa shape index (κ2) is 44.9. The average molecular weight is 882 g/mol. The molecule has 56 heavy (non-hydrogen) atoms. The van der Waals surface area contributed by atoms with Crippen LogP contribution in [-0.2, 0) is 53.1 Å². The molecule has 0 N–H and O–H groups in total. The average Bonchev–Trinajstić information content (AvgIpc) is 3.21. The molecule has 12 nitrogen and oxygen atoms in total. The lowest BCUT2D eigenvalue weighted by Crippen LogP contribution is -2.45. The van der Waals surface area contributed by atoms with Crippen LogP contribution in [0.2, 0.25) is 24.2 Å². The van der Waals surface area contributed by atoms with Crippen molar-refractivity contribution in [2.75, 3.05) is 82.3 Å². The first-order chi connectivity index (χ1) is 27.0. The van der Waals surface area contributed by atoms with Crippen LogP contribution in [0.5, 0.6) is 0 Å². The smallest absolute Gasteiger partial charge is 0.377 e. The van der Waals surface area contributed by atoms with E-state index in [9.17, 15) is 0 Å². The highest BCUT2D eigenvalue weighted by Gasteiger charge is 2.40. The minimum Gasteiger partial charge on any atom is -0.377 e. The van der Waals surface area contributed by atoms with Crippen LogP contribution in [0.1, 0.15) is 159 Å². The molecule has 0 aromatic rings. The van der Waals surface area contributed by atoms with Crippen LogP contribution in [0.25, 0.3) is 0 Å². The third kappa shape index (κ3) is 33.1. The maximum atomic E-state index is 5.79. The molecule has 0 aromatic heterocycles. The van der Waals surface area contributed by atoms with Gasteiger partial charge in [0.05, 0.1) is 0 Å². The second-order valence-electron chi connectivity index (χ2n) is 13.0. The van der Waals surface area contributed by atoms with Crippen molar-refractivity contribution >= 4 is 35.2 Å². The highest BCUT2D eigenvalue weighted by atomic mass is 28.4. The highest BCUT2D eigenvalue weighted by molar-refractivity contribution is 6.61. The summed E-state index contributed by atoms with van der Waals surface area (Å²) in [6.07, 6.45) is 17.6. The largest absolute Gasteiger partial charge is 0.500 e. The van der Waals surface area contributed by atoms with Crippen molar-refractivity contribution in [2.45, 2.75) is 183 Å². The van der Waals surface area contributed by atoms with Gasteiger partial charge in [0, 0.05) is 106 Å². The van der Waals surface area contributed by atoms with Gasteiger partial charge in [0.1, 0.15) is 0 Å². The van der Waals surface area contributed by atoms with Crippen LogP contribution in [0.4, 0.5) is 0 Å². The Bertz CT molecular complexity index is 704. The second-order valence-corrected chi connectivity index (χ2v) is 24.9. The first-order valence-electron chi connectivity index (χ1n) is 22.1. The monoisotopic (exact) mass is 881 g/mol. The summed E-state index contributed by atoms with van der Waals surface area (Å²) in [5, 5.41) is 0. The number of hydrogen-bond acceptors (Lipinski definition) is 12. The summed E-state index contributed by atoms with van der Waals surface area (Å²) in [6.45, 7) is 24.7. The molecule has 0 radical (unpaired) electrons. The molecule has 0 aliphatic carbocycles. The molecular formula is C40H96O12Si4. The molecule has 0 atom stereocenters. The van der Waals surface area contributed by atoms with Crippen LogP contribution in [-0.4, -0.2) is 118 Å². The fraction of sp³-hybridized carbons (Fsp3) is 1.00. The third-order valence-electron chi connectivity index (χ3n) is 8.99. The van der Waals surface area contributed by atoms with Gasteiger partial charge in [-0.1, -0.05) is 98.3 Å². The van der Waals surface area contributed by atoms with E-state index < -0.39 is 35.2 Å². The molecule has 0 heterocycles. The molecule has 344 valence electrons. The molecule has 0 rings (SSSR count). The molecule has 0 bridgehead atoms. The summed E-state index contributed by atoms with van der Waals surface area (Å²) < 4.78 is 66.0. The summed E-state index contributed by atoms with van der Waals surface area (Å²) in [6, 6.07) is 3.67. The first kappa shape index (κ1) is 63.0. The number of unbranched alkanes of at least 4 members (excludes halogenated alkanes) is 11. The minimum atomic E-state index is -2.35. The maximum absolute atomic E-state index is 5.79. The Balaban J connectivity index is -0.000000324. The molecule has 0 unspecified atom stereocenters. The third-order valence-corrected chi connectivity index (χ3v) is 20.9. The van der Waals surface area contributed by atoms with Gasteiger partial charge >= 0.3 is 35.2 Å². The van der Waals surface area contributed by atoms with Crippen molar-refractivity contribution in [3.05, 3.63) is 0 Å². The van der Waals surface area contributed by atoms with Crippen molar-refractivity contribution < 1.29 is 53.1 Å². The van der Waals surface area contributed by atoms with E-state index in [1.165, 1.54) is 70.6 Å². The lowest BCUT2D eigenvalue weighted by Gasteiger charge is -2.28. The zero-order chi connectivity index (χ0) is 43.5. The van der Waals surface area contributed by atoms with Gasteiger partial charge in [-0.15, -0.1) is 0 Å². The molecule has 0 aliphatic rings. The van der Waals surface area contributed by atoms with Crippen molar-refractivity contribution in [2.24, 2.45) is 0 Å². The van der Waals surface area contributed by atoms with Gasteiger partial charge in [0.15, 0.2) is 0 Å². The molecule has 0 aliphatic heterocycles. The van der Waals surface area contributed by atoms with Gasteiger partial charge in [-0.05, 0) is 60.8 Å². The molecule has 16 heteroatoms. The highest BCUT2D eigenvalue weighted by Crippen LogP contribution is 2.21. The van der Waals surface area contributed by atoms with Gasteiger partial charge in [-0.2, -0.15) is 0 Å². The summed E-state index contributed by atoms with van der Waals surface area (Å²) in [5.41, 5.74) is 0. The summed E-state index contributed by atoms with van der Waals surface area (Å²) in [4.78, 5) is 0.